The Morgan fingerprint density at radius 3 is 2.74 bits per heavy atom. The zero-order valence-corrected chi connectivity index (χ0v) is 11.8. The van der Waals surface area contributed by atoms with Crippen molar-refractivity contribution < 1.29 is 4.79 Å². The van der Waals surface area contributed by atoms with Crippen LogP contribution < -0.4 is 11.1 Å². The van der Waals surface area contributed by atoms with Gasteiger partial charge in [-0.1, -0.05) is 12.2 Å². The number of hydrogen-bond acceptors (Lipinski definition) is 5. The molecule has 98 valence electrons. The second-order valence-corrected chi connectivity index (χ2v) is 5.60. The number of hydrogen-bond donors (Lipinski definition) is 2. The maximum atomic E-state index is 11.8. The number of carbonyl (C=O) groups is 1. The topological polar surface area (TPSA) is 80.9 Å². The summed E-state index contributed by atoms with van der Waals surface area (Å²) < 4.78 is 0. The fourth-order valence-electron chi connectivity index (χ4n) is 1.40. The van der Waals surface area contributed by atoms with Crippen LogP contribution in [0.25, 0.3) is 0 Å². The van der Waals surface area contributed by atoms with E-state index in [0.29, 0.717) is 17.8 Å². The lowest BCUT2D eigenvalue weighted by Gasteiger charge is -2.03. The molecule has 0 saturated heterocycles. The molecule has 2 aromatic rings. The highest BCUT2D eigenvalue weighted by Gasteiger charge is 2.08. The maximum absolute atomic E-state index is 11.8. The van der Waals surface area contributed by atoms with Crippen molar-refractivity contribution in [2.75, 3.05) is 0 Å². The van der Waals surface area contributed by atoms with Gasteiger partial charge in [0.25, 0.3) is 5.91 Å². The van der Waals surface area contributed by atoms with Crippen LogP contribution in [-0.4, -0.2) is 20.9 Å². The highest BCUT2D eigenvalue weighted by atomic mass is 32.1. The van der Waals surface area contributed by atoms with E-state index in [2.05, 4.69) is 15.3 Å². The van der Waals surface area contributed by atoms with E-state index >= 15 is 0 Å². The molecule has 0 fully saturated rings. The molecule has 7 heteroatoms. The number of aryl methyl sites for hydroxylation is 1. The Labute approximate surface area is 119 Å². The zero-order valence-electron chi connectivity index (χ0n) is 10.2. The Balaban J connectivity index is 1.98. The summed E-state index contributed by atoms with van der Waals surface area (Å²) in [7, 11) is 0. The van der Waals surface area contributed by atoms with E-state index in [-0.39, 0.29) is 10.9 Å². The van der Waals surface area contributed by atoms with Crippen LogP contribution in [0.15, 0.2) is 24.5 Å². The van der Waals surface area contributed by atoms with Gasteiger partial charge < -0.3 is 11.1 Å². The molecule has 5 nitrogen and oxygen atoms in total. The van der Waals surface area contributed by atoms with Crippen LogP contribution in [0.2, 0.25) is 0 Å². The molecule has 3 N–H and O–H groups in total. The lowest BCUT2D eigenvalue weighted by molar-refractivity contribution is 0.0946. The van der Waals surface area contributed by atoms with Gasteiger partial charge >= 0.3 is 0 Å². The molecule has 0 aromatic carbocycles. The smallest absolute Gasteiger partial charge is 0.270 e. The Kier molecular flexibility index (Phi) is 4.18. The van der Waals surface area contributed by atoms with Crippen LogP contribution >= 0.6 is 23.6 Å². The maximum Gasteiger partial charge on any atom is 0.270 e. The van der Waals surface area contributed by atoms with Gasteiger partial charge in [-0.15, -0.1) is 11.3 Å². The van der Waals surface area contributed by atoms with E-state index in [1.54, 1.807) is 29.7 Å². The fraction of sp³-hybridized carbons (Fsp3) is 0.167. The zero-order chi connectivity index (χ0) is 13.8. The first-order chi connectivity index (χ1) is 9.06. The monoisotopic (exact) mass is 292 g/mol. The summed E-state index contributed by atoms with van der Waals surface area (Å²) in [6.45, 7) is 2.37. The molecule has 2 rings (SSSR count). The molecule has 0 atom stereocenters. The standard InChI is InChI=1S/C12H12N4OS2/c1-7-4-15-10(19-7)6-16-12(17)9-3-2-8(5-14-9)11(13)18/h2-5H,6H2,1H3,(H2,13,18)(H,16,17). The van der Waals surface area contributed by atoms with Gasteiger partial charge in [0, 0.05) is 22.8 Å². The van der Waals surface area contributed by atoms with Crippen LogP contribution in [0, 0.1) is 6.92 Å². The van der Waals surface area contributed by atoms with E-state index in [1.165, 1.54) is 6.20 Å². The van der Waals surface area contributed by atoms with Crippen molar-refractivity contribution >= 4 is 34.5 Å². The largest absolute Gasteiger partial charge is 0.389 e. The molecule has 0 aliphatic heterocycles. The Morgan fingerprint density at radius 1 is 1.42 bits per heavy atom. The highest BCUT2D eigenvalue weighted by Crippen LogP contribution is 2.10. The van der Waals surface area contributed by atoms with Crippen molar-refractivity contribution in [3.05, 3.63) is 45.7 Å². The minimum Gasteiger partial charge on any atom is -0.389 e. The van der Waals surface area contributed by atoms with Crippen LogP contribution in [0.5, 0.6) is 0 Å². The predicted octanol–water partition coefficient (Wildman–Crippen LogP) is 1.41. The lowest BCUT2D eigenvalue weighted by Crippen LogP contribution is -2.24. The summed E-state index contributed by atoms with van der Waals surface area (Å²) in [5.74, 6) is -0.248. The average Bonchev–Trinajstić information content (AvgIpc) is 2.82. The first-order valence-corrected chi connectivity index (χ1v) is 6.74. The summed E-state index contributed by atoms with van der Waals surface area (Å²) in [6, 6.07) is 3.27. The van der Waals surface area contributed by atoms with Crippen molar-refractivity contribution in [2.45, 2.75) is 13.5 Å². The molecular weight excluding hydrogens is 280 g/mol. The van der Waals surface area contributed by atoms with Crippen LogP contribution in [0.1, 0.15) is 25.9 Å². The number of thiazole rings is 1. The second-order valence-electron chi connectivity index (χ2n) is 3.84. The number of carbonyl (C=O) groups excluding carboxylic acids is 1. The molecule has 2 aromatic heterocycles. The number of aromatic nitrogens is 2. The minimum atomic E-state index is -0.248. The lowest BCUT2D eigenvalue weighted by atomic mass is 10.2. The molecule has 0 unspecified atom stereocenters. The van der Waals surface area contributed by atoms with E-state index in [1.807, 2.05) is 6.92 Å². The van der Waals surface area contributed by atoms with Crippen molar-refractivity contribution in [3.63, 3.8) is 0 Å². The third-order valence-corrected chi connectivity index (χ3v) is 3.50. The van der Waals surface area contributed by atoms with Crippen LogP contribution in [0.4, 0.5) is 0 Å². The van der Waals surface area contributed by atoms with Crippen molar-refractivity contribution in [1.82, 2.24) is 15.3 Å². The van der Waals surface area contributed by atoms with Gasteiger partial charge in [-0.05, 0) is 19.1 Å². The predicted molar refractivity (Wildman–Crippen MR) is 78.1 cm³/mol. The molecule has 0 saturated carbocycles. The summed E-state index contributed by atoms with van der Waals surface area (Å²) in [5, 5.41) is 3.63. The van der Waals surface area contributed by atoms with E-state index in [9.17, 15) is 4.79 Å². The molecule has 0 aliphatic carbocycles. The molecule has 19 heavy (non-hydrogen) atoms. The van der Waals surface area contributed by atoms with Crippen molar-refractivity contribution in [3.8, 4) is 0 Å². The highest BCUT2D eigenvalue weighted by molar-refractivity contribution is 7.80. The van der Waals surface area contributed by atoms with Crippen molar-refractivity contribution in [1.29, 1.82) is 0 Å². The van der Waals surface area contributed by atoms with Gasteiger partial charge in [-0.25, -0.2) is 4.98 Å². The SMILES string of the molecule is Cc1cnc(CNC(=O)c2ccc(C(N)=S)cn2)s1. The fourth-order valence-corrected chi connectivity index (χ4v) is 2.25. The summed E-state index contributed by atoms with van der Waals surface area (Å²) in [4.78, 5) is 21.4. The number of nitrogens with zero attached hydrogens (tertiary/aromatic N) is 2. The number of thiocarbonyl (C=S) groups is 1. The number of amides is 1. The quantitative estimate of drug-likeness (QED) is 0.833. The third-order valence-electron chi connectivity index (χ3n) is 2.35. The summed E-state index contributed by atoms with van der Waals surface area (Å²) in [6.07, 6.45) is 3.27. The van der Waals surface area contributed by atoms with Crippen LogP contribution in [0.3, 0.4) is 0 Å². The molecule has 0 spiro atoms. The summed E-state index contributed by atoms with van der Waals surface area (Å²) >= 11 is 6.37. The Bertz CT molecular complexity index is 606. The van der Waals surface area contributed by atoms with E-state index in [0.717, 1.165) is 9.88 Å². The average molecular weight is 292 g/mol. The number of pyridine rings is 1. The van der Waals surface area contributed by atoms with Gasteiger partial charge in [0.15, 0.2) is 0 Å². The van der Waals surface area contributed by atoms with Gasteiger partial charge in [0.05, 0.1) is 6.54 Å². The minimum absolute atomic E-state index is 0.248. The number of nitrogens with one attached hydrogen (secondary N) is 1. The molecule has 1 amide bonds. The van der Waals surface area contributed by atoms with Gasteiger partial charge in [-0.3, -0.25) is 9.78 Å². The molecule has 2 heterocycles. The first kappa shape index (κ1) is 13.6. The second kappa shape index (κ2) is 5.85. The van der Waals surface area contributed by atoms with E-state index in [4.69, 9.17) is 18.0 Å². The van der Waals surface area contributed by atoms with Crippen molar-refractivity contribution in [2.24, 2.45) is 5.73 Å². The van der Waals surface area contributed by atoms with Gasteiger partial charge in [-0.2, -0.15) is 0 Å². The summed E-state index contributed by atoms with van der Waals surface area (Å²) in [5.41, 5.74) is 6.43. The van der Waals surface area contributed by atoms with E-state index < -0.39 is 0 Å². The molecule has 0 radical (unpaired) electrons. The number of rotatable bonds is 4. The molecule has 0 bridgehead atoms. The van der Waals surface area contributed by atoms with Gasteiger partial charge in [0.2, 0.25) is 0 Å². The normalized spacial score (nSPS) is 10.2. The number of nitrogens with two attached hydrogens (primary N) is 1. The van der Waals surface area contributed by atoms with Gasteiger partial charge in [0.1, 0.15) is 15.7 Å². The third kappa shape index (κ3) is 3.55. The molecule has 0 aliphatic rings. The molecular formula is C12H12N4OS2. The Hall–Kier alpha value is -1.86. The first-order valence-electron chi connectivity index (χ1n) is 5.51. The van der Waals surface area contributed by atoms with Crippen LogP contribution in [-0.2, 0) is 6.54 Å². The Morgan fingerprint density at radius 2 is 2.21 bits per heavy atom.